The predicted octanol–water partition coefficient (Wildman–Crippen LogP) is 1.04. The summed E-state index contributed by atoms with van der Waals surface area (Å²) in [6.45, 7) is 3.96. The Morgan fingerprint density at radius 1 is 1.47 bits per heavy atom. The van der Waals surface area contributed by atoms with Gasteiger partial charge in [0.15, 0.2) is 0 Å². The van der Waals surface area contributed by atoms with Crippen molar-refractivity contribution in [1.82, 2.24) is 9.97 Å². The van der Waals surface area contributed by atoms with Crippen molar-refractivity contribution in [3.63, 3.8) is 0 Å². The monoisotopic (exact) mass is 206 g/mol. The summed E-state index contributed by atoms with van der Waals surface area (Å²) in [6, 6.07) is 2.23. The van der Waals surface area contributed by atoms with Crippen LogP contribution >= 0.6 is 0 Å². The molecule has 1 fully saturated rings. The van der Waals surface area contributed by atoms with Crippen molar-refractivity contribution in [2.45, 2.75) is 25.8 Å². The molecule has 2 heterocycles. The lowest BCUT2D eigenvalue weighted by Gasteiger charge is -2.39. The number of hydrogen-bond acceptors (Lipinski definition) is 4. The van der Waals surface area contributed by atoms with Gasteiger partial charge in [-0.2, -0.15) is 0 Å². The van der Waals surface area contributed by atoms with Crippen LogP contribution in [0.1, 0.15) is 19.8 Å². The van der Waals surface area contributed by atoms with Crippen molar-refractivity contribution in [3.05, 3.63) is 18.5 Å². The van der Waals surface area contributed by atoms with Gasteiger partial charge >= 0.3 is 0 Å². The van der Waals surface area contributed by atoms with E-state index in [-0.39, 0.29) is 0 Å². The number of anilines is 1. The normalized spacial score (nSPS) is 26.7. The molecule has 2 unspecified atom stereocenters. The average molecular weight is 206 g/mol. The van der Waals surface area contributed by atoms with E-state index in [4.69, 9.17) is 5.73 Å². The molecule has 1 aliphatic rings. The first-order valence-corrected chi connectivity index (χ1v) is 5.56. The Morgan fingerprint density at radius 2 is 2.20 bits per heavy atom. The van der Waals surface area contributed by atoms with Gasteiger partial charge in [0.05, 0.1) is 0 Å². The summed E-state index contributed by atoms with van der Waals surface area (Å²) in [5.74, 6) is 1.45. The highest BCUT2D eigenvalue weighted by molar-refractivity contribution is 5.32. The molecule has 4 heteroatoms. The smallest absolute Gasteiger partial charge is 0.225 e. The number of aromatic nitrogens is 2. The van der Waals surface area contributed by atoms with Crippen LogP contribution in [0, 0.1) is 5.92 Å². The predicted molar refractivity (Wildman–Crippen MR) is 60.6 cm³/mol. The van der Waals surface area contributed by atoms with Gasteiger partial charge in [0.25, 0.3) is 0 Å². The molecule has 0 amide bonds. The van der Waals surface area contributed by atoms with Crippen molar-refractivity contribution in [2.24, 2.45) is 11.7 Å². The summed E-state index contributed by atoms with van der Waals surface area (Å²) in [5.41, 5.74) is 5.82. The van der Waals surface area contributed by atoms with Crippen LogP contribution in [0.4, 0.5) is 5.95 Å². The van der Waals surface area contributed by atoms with Crippen molar-refractivity contribution in [1.29, 1.82) is 0 Å². The molecule has 0 bridgehead atoms. The fraction of sp³-hybridized carbons (Fsp3) is 0.636. The molecule has 0 radical (unpaired) electrons. The maximum atomic E-state index is 5.82. The lowest BCUT2D eigenvalue weighted by Crippen LogP contribution is -2.49. The van der Waals surface area contributed by atoms with E-state index in [0.717, 1.165) is 12.5 Å². The van der Waals surface area contributed by atoms with E-state index in [1.165, 1.54) is 12.8 Å². The topological polar surface area (TPSA) is 55.0 Å². The van der Waals surface area contributed by atoms with Crippen LogP contribution in [0.25, 0.3) is 0 Å². The van der Waals surface area contributed by atoms with Crippen LogP contribution in [0.3, 0.4) is 0 Å². The minimum absolute atomic E-state index is 0.390. The summed E-state index contributed by atoms with van der Waals surface area (Å²) in [4.78, 5) is 10.8. The summed E-state index contributed by atoms with van der Waals surface area (Å²) >= 11 is 0. The van der Waals surface area contributed by atoms with Crippen LogP contribution in [-0.2, 0) is 0 Å². The molecule has 4 nitrogen and oxygen atoms in total. The van der Waals surface area contributed by atoms with Gasteiger partial charge in [0.1, 0.15) is 0 Å². The number of nitrogens with zero attached hydrogens (tertiary/aromatic N) is 3. The zero-order valence-electron chi connectivity index (χ0n) is 9.13. The van der Waals surface area contributed by atoms with Crippen molar-refractivity contribution in [3.8, 4) is 0 Å². The lowest BCUT2D eigenvalue weighted by molar-refractivity contribution is 0.346. The second-order valence-corrected chi connectivity index (χ2v) is 4.16. The second kappa shape index (κ2) is 4.57. The standard InChI is InChI=1S/C11H18N4/c1-9-4-2-7-15(10(9)8-12)11-13-5-3-6-14-11/h3,5-6,9-10H,2,4,7-8,12H2,1H3. The largest absolute Gasteiger partial charge is 0.336 e. The number of nitrogens with two attached hydrogens (primary N) is 1. The molecule has 1 aliphatic heterocycles. The molecule has 0 aliphatic carbocycles. The van der Waals surface area contributed by atoms with E-state index in [2.05, 4.69) is 21.8 Å². The second-order valence-electron chi connectivity index (χ2n) is 4.16. The highest BCUT2D eigenvalue weighted by Gasteiger charge is 2.28. The van der Waals surface area contributed by atoms with Gasteiger partial charge in [0, 0.05) is 31.5 Å². The first-order chi connectivity index (χ1) is 7.33. The van der Waals surface area contributed by atoms with E-state index in [1.54, 1.807) is 12.4 Å². The molecule has 0 spiro atoms. The molecule has 2 N–H and O–H groups in total. The molecule has 2 atom stereocenters. The van der Waals surface area contributed by atoms with E-state index in [0.29, 0.717) is 18.5 Å². The van der Waals surface area contributed by atoms with E-state index < -0.39 is 0 Å². The SMILES string of the molecule is CC1CCCN(c2ncccn2)C1CN. The highest BCUT2D eigenvalue weighted by atomic mass is 15.3. The molecule has 1 saturated heterocycles. The van der Waals surface area contributed by atoms with E-state index in [9.17, 15) is 0 Å². The summed E-state index contributed by atoms with van der Waals surface area (Å²) in [5, 5.41) is 0. The van der Waals surface area contributed by atoms with Crippen LogP contribution in [0.5, 0.6) is 0 Å². The zero-order chi connectivity index (χ0) is 10.7. The number of hydrogen-bond donors (Lipinski definition) is 1. The Labute approximate surface area is 90.5 Å². The van der Waals surface area contributed by atoms with Gasteiger partial charge in [-0.05, 0) is 24.8 Å². The molecule has 2 rings (SSSR count). The van der Waals surface area contributed by atoms with Gasteiger partial charge in [-0.1, -0.05) is 6.92 Å². The lowest BCUT2D eigenvalue weighted by atomic mass is 9.91. The van der Waals surface area contributed by atoms with Gasteiger partial charge < -0.3 is 10.6 Å². The third-order valence-electron chi connectivity index (χ3n) is 3.17. The Morgan fingerprint density at radius 3 is 2.87 bits per heavy atom. The highest BCUT2D eigenvalue weighted by Crippen LogP contribution is 2.25. The maximum absolute atomic E-state index is 5.82. The summed E-state index contributed by atoms with van der Waals surface area (Å²) < 4.78 is 0. The van der Waals surface area contributed by atoms with Gasteiger partial charge in [0.2, 0.25) is 5.95 Å². The van der Waals surface area contributed by atoms with Crippen molar-refractivity contribution >= 4 is 5.95 Å². The van der Waals surface area contributed by atoms with Gasteiger partial charge in [-0.15, -0.1) is 0 Å². The molecule has 0 saturated carbocycles. The molecule has 0 aromatic carbocycles. The number of rotatable bonds is 2. The molecule has 15 heavy (non-hydrogen) atoms. The summed E-state index contributed by atoms with van der Waals surface area (Å²) in [6.07, 6.45) is 6.03. The first-order valence-electron chi connectivity index (χ1n) is 5.56. The quantitative estimate of drug-likeness (QED) is 0.785. The maximum Gasteiger partial charge on any atom is 0.225 e. The first kappa shape index (κ1) is 10.4. The van der Waals surface area contributed by atoms with Crippen LogP contribution < -0.4 is 10.6 Å². The third-order valence-corrected chi connectivity index (χ3v) is 3.17. The van der Waals surface area contributed by atoms with Crippen LogP contribution in [-0.4, -0.2) is 29.1 Å². The molecular weight excluding hydrogens is 188 g/mol. The van der Waals surface area contributed by atoms with E-state index >= 15 is 0 Å². The van der Waals surface area contributed by atoms with E-state index in [1.807, 2.05) is 6.07 Å². The summed E-state index contributed by atoms with van der Waals surface area (Å²) in [7, 11) is 0. The Bertz CT molecular complexity index is 301. The van der Waals surface area contributed by atoms with Crippen molar-refractivity contribution < 1.29 is 0 Å². The minimum atomic E-state index is 0.390. The molecule has 1 aromatic rings. The Hall–Kier alpha value is -1.16. The minimum Gasteiger partial charge on any atom is -0.336 e. The third kappa shape index (κ3) is 2.09. The van der Waals surface area contributed by atoms with Gasteiger partial charge in [-0.25, -0.2) is 9.97 Å². The van der Waals surface area contributed by atoms with Crippen LogP contribution in [0.15, 0.2) is 18.5 Å². The van der Waals surface area contributed by atoms with Gasteiger partial charge in [-0.3, -0.25) is 0 Å². The zero-order valence-corrected chi connectivity index (χ0v) is 9.13. The van der Waals surface area contributed by atoms with Crippen LogP contribution in [0.2, 0.25) is 0 Å². The fourth-order valence-electron chi connectivity index (χ4n) is 2.30. The molecule has 82 valence electrons. The molecule has 1 aromatic heterocycles. The Balaban J connectivity index is 2.19. The fourth-order valence-corrected chi connectivity index (χ4v) is 2.30. The number of piperidine rings is 1. The average Bonchev–Trinajstić information content (AvgIpc) is 2.30. The molecular formula is C11H18N4. The Kier molecular flexibility index (Phi) is 3.16. The van der Waals surface area contributed by atoms with Crippen molar-refractivity contribution in [2.75, 3.05) is 18.0 Å².